The molecular formula is C27H23BrN6O3. The van der Waals surface area contributed by atoms with Crippen LogP contribution in [-0.2, 0) is 6.54 Å². The Labute approximate surface area is 220 Å². The van der Waals surface area contributed by atoms with Crippen molar-refractivity contribution in [3.63, 3.8) is 0 Å². The van der Waals surface area contributed by atoms with Crippen LogP contribution in [0.3, 0.4) is 0 Å². The fourth-order valence-electron chi connectivity index (χ4n) is 4.75. The van der Waals surface area contributed by atoms with E-state index in [0.29, 0.717) is 36.3 Å². The summed E-state index contributed by atoms with van der Waals surface area (Å²) in [4.78, 5) is 36.7. The van der Waals surface area contributed by atoms with Crippen LogP contribution < -0.4 is 10.7 Å². The molecule has 4 aromatic heterocycles. The van der Waals surface area contributed by atoms with E-state index in [1.54, 1.807) is 46.1 Å². The summed E-state index contributed by atoms with van der Waals surface area (Å²) in [5, 5.41) is 8.37. The number of hydrogen-bond acceptors (Lipinski definition) is 7. The average Bonchev–Trinajstić information content (AvgIpc) is 3.32. The van der Waals surface area contributed by atoms with E-state index in [9.17, 15) is 9.59 Å². The quantitative estimate of drug-likeness (QED) is 0.335. The third-order valence-electron chi connectivity index (χ3n) is 6.62. The molecule has 5 heterocycles. The Hall–Kier alpha value is -4.05. The molecule has 10 heteroatoms. The van der Waals surface area contributed by atoms with Gasteiger partial charge >= 0.3 is 0 Å². The zero-order chi connectivity index (χ0) is 25.4. The van der Waals surface area contributed by atoms with Crippen LogP contribution in [0.1, 0.15) is 40.6 Å². The minimum Gasteiger partial charge on any atom is -0.451 e. The fraction of sp³-hybridized carbons (Fsp3) is 0.222. The molecule has 1 aromatic carbocycles. The molecule has 1 N–H and O–H groups in total. The monoisotopic (exact) mass is 558 g/mol. The summed E-state index contributed by atoms with van der Waals surface area (Å²) in [6.07, 6.45) is 7.00. The molecule has 0 radical (unpaired) electrons. The number of amides is 1. The first-order valence-electron chi connectivity index (χ1n) is 12.1. The highest BCUT2D eigenvalue weighted by Crippen LogP contribution is 2.30. The molecule has 1 amide bonds. The molecule has 1 aliphatic rings. The van der Waals surface area contributed by atoms with E-state index in [4.69, 9.17) is 9.40 Å². The Morgan fingerprint density at radius 2 is 2.05 bits per heavy atom. The predicted octanol–water partition coefficient (Wildman–Crippen LogP) is 4.63. The van der Waals surface area contributed by atoms with Crippen molar-refractivity contribution >= 4 is 44.3 Å². The first-order valence-corrected chi connectivity index (χ1v) is 12.9. The van der Waals surface area contributed by atoms with E-state index in [2.05, 4.69) is 31.3 Å². The van der Waals surface area contributed by atoms with Gasteiger partial charge in [0.1, 0.15) is 11.4 Å². The molecular weight excluding hydrogens is 536 g/mol. The molecule has 0 bridgehead atoms. The Balaban J connectivity index is 1.28. The Morgan fingerprint density at radius 3 is 2.92 bits per heavy atom. The topological polar surface area (TPSA) is 106 Å². The molecule has 0 spiro atoms. The van der Waals surface area contributed by atoms with Crippen molar-refractivity contribution in [1.29, 1.82) is 0 Å². The Kier molecular flexibility index (Phi) is 6.17. The highest BCUT2D eigenvalue weighted by molar-refractivity contribution is 9.10. The van der Waals surface area contributed by atoms with Gasteiger partial charge in [0.2, 0.25) is 0 Å². The van der Waals surface area contributed by atoms with Gasteiger partial charge in [-0.3, -0.25) is 14.6 Å². The summed E-state index contributed by atoms with van der Waals surface area (Å²) in [7, 11) is 0. The minimum absolute atomic E-state index is 0.0237. The van der Waals surface area contributed by atoms with Crippen LogP contribution in [-0.4, -0.2) is 43.5 Å². The second-order valence-corrected chi connectivity index (χ2v) is 9.92. The van der Waals surface area contributed by atoms with Crippen LogP contribution in [0.25, 0.3) is 16.6 Å². The third kappa shape index (κ3) is 4.60. The number of anilines is 1. The highest BCUT2D eigenvalue weighted by Gasteiger charge is 2.29. The van der Waals surface area contributed by atoms with Crippen molar-refractivity contribution in [2.24, 2.45) is 0 Å². The van der Waals surface area contributed by atoms with E-state index in [0.717, 1.165) is 34.4 Å². The number of aromatic nitrogens is 4. The van der Waals surface area contributed by atoms with Gasteiger partial charge in [-0.2, -0.15) is 9.61 Å². The Morgan fingerprint density at radius 1 is 1.16 bits per heavy atom. The standard InChI is InChI=1S/C27H23BrN6O3/c28-20-15-31-34-25(30-14-17-5-3-9-29-13-17)11-21(32-26(20)34)18-6-4-10-33(16-18)27(36)24-12-22(35)19-7-1-2-8-23(19)37-24/h1-3,5,7-9,11-13,15,18,30H,4,6,10,14,16H2. The molecule has 0 saturated carbocycles. The summed E-state index contributed by atoms with van der Waals surface area (Å²) in [6.45, 7) is 1.66. The number of hydrogen-bond donors (Lipinski definition) is 1. The van der Waals surface area contributed by atoms with Gasteiger partial charge < -0.3 is 14.6 Å². The number of nitrogens with zero attached hydrogens (tertiary/aromatic N) is 5. The van der Waals surface area contributed by atoms with Crippen molar-refractivity contribution in [3.8, 4) is 0 Å². The largest absolute Gasteiger partial charge is 0.451 e. The molecule has 6 rings (SSSR count). The van der Waals surface area contributed by atoms with Gasteiger partial charge in [-0.1, -0.05) is 18.2 Å². The molecule has 9 nitrogen and oxygen atoms in total. The molecule has 0 aliphatic carbocycles. The van der Waals surface area contributed by atoms with E-state index in [1.165, 1.54) is 6.07 Å². The van der Waals surface area contributed by atoms with Crippen molar-refractivity contribution < 1.29 is 9.21 Å². The Bertz CT molecular complexity index is 1670. The maximum absolute atomic E-state index is 13.4. The number of carbonyl (C=O) groups is 1. The zero-order valence-electron chi connectivity index (χ0n) is 19.8. The molecule has 1 atom stereocenters. The first-order chi connectivity index (χ1) is 18.1. The third-order valence-corrected chi connectivity index (χ3v) is 7.18. The van der Waals surface area contributed by atoms with E-state index >= 15 is 0 Å². The molecule has 37 heavy (non-hydrogen) atoms. The van der Waals surface area contributed by atoms with Gasteiger partial charge in [0.25, 0.3) is 5.91 Å². The number of para-hydroxylation sites is 1. The molecule has 1 fully saturated rings. The number of carbonyl (C=O) groups excluding carboxylic acids is 1. The summed E-state index contributed by atoms with van der Waals surface area (Å²) in [6, 6.07) is 14.2. The molecule has 1 unspecified atom stereocenters. The summed E-state index contributed by atoms with van der Waals surface area (Å²) in [5.74, 6) is 0.605. The molecule has 1 aliphatic heterocycles. The molecule has 186 valence electrons. The second-order valence-electron chi connectivity index (χ2n) is 9.07. The number of benzene rings is 1. The lowest BCUT2D eigenvalue weighted by Gasteiger charge is -2.32. The second kappa shape index (κ2) is 9.78. The number of halogens is 1. The van der Waals surface area contributed by atoms with Gasteiger partial charge in [-0.25, -0.2) is 4.98 Å². The molecule has 1 saturated heterocycles. The number of likely N-dealkylation sites (tertiary alicyclic amines) is 1. The van der Waals surface area contributed by atoms with E-state index < -0.39 is 0 Å². The van der Waals surface area contributed by atoms with Crippen molar-refractivity contribution in [1.82, 2.24) is 24.5 Å². The summed E-state index contributed by atoms with van der Waals surface area (Å²) >= 11 is 3.56. The average molecular weight is 559 g/mol. The SMILES string of the molecule is O=C(c1cc(=O)c2ccccc2o1)N1CCCC(c2cc(NCc3cccnc3)n3ncc(Br)c3n2)C1. The number of nitrogens with one attached hydrogen (secondary N) is 1. The van der Waals surface area contributed by atoms with Gasteiger partial charge in [0.05, 0.1) is 21.7 Å². The number of pyridine rings is 1. The zero-order valence-corrected chi connectivity index (χ0v) is 21.4. The fourth-order valence-corrected chi connectivity index (χ4v) is 5.10. The number of rotatable bonds is 5. The minimum atomic E-state index is -0.283. The predicted molar refractivity (Wildman–Crippen MR) is 143 cm³/mol. The number of piperidine rings is 1. The van der Waals surface area contributed by atoms with Crippen molar-refractivity contribution in [2.45, 2.75) is 25.3 Å². The van der Waals surface area contributed by atoms with Crippen molar-refractivity contribution in [2.75, 3.05) is 18.4 Å². The van der Waals surface area contributed by atoms with Crippen LogP contribution in [0, 0.1) is 0 Å². The van der Waals surface area contributed by atoms with Gasteiger partial charge in [-0.05, 0) is 52.5 Å². The number of fused-ring (bicyclic) bond motifs is 2. The summed E-state index contributed by atoms with van der Waals surface area (Å²) < 4.78 is 8.37. The van der Waals surface area contributed by atoms with Gasteiger partial charge in [-0.15, -0.1) is 0 Å². The van der Waals surface area contributed by atoms with Crippen LogP contribution >= 0.6 is 15.9 Å². The maximum atomic E-state index is 13.4. The smallest absolute Gasteiger partial charge is 0.289 e. The lowest BCUT2D eigenvalue weighted by atomic mass is 9.94. The lowest BCUT2D eigenvalue weighted by molar-refractivity contribution is 0.0674. The summed E-state index contributed by atoms with van der Waals surface area (Å²) in [5.41, 5.74) is 2.82. The van der Waals surface area contributed by atoms with Crippen LogP contribution in [0.5, 0.6) is 0 Å². The molecule has 5 aromatic rings. The van der Waals surface area contributed by atoms with Gasteiger partial charge in [0.15, 0.2) is 16.8 Å². The normalized spacial score (nSPS) is 15.8. The van der Waals surface area contributed by atoms with Crippen LogP contribution in [0.4, 0.5) is 5.82 Å². The van der Waals surface area contributed by atoms with Gasteiger partial charge in [0, 0.05) is 50.1 Å². The first kappa shape index (κ1) is 23.4. The maximum Gasteiger partial charge on any atom is 0.289 e. The highest BCUT2D eigenvalue weighted by atomic mass is 79.9. The lowest BCUT2D eigenvalue weighted by Crippen LogP contribution is -2.39. The van der Waals surface area contributed by atoms with Crippen molar-refractivity contribution in [3.05, 3.63) is 98.8 Å². The van der Waals surface area contributed by atoms with Crippen LogP contribution in [0.15, 0.2) is 80.8 Å². The van der Waals surface area contributed by atoms with E-state index in [-0.39, 0.29) is 23.0 Å². The van der Waals surface area contributed by atoms with E-state index in [1.807, 2.05) is 24.4 Å². The van der Waals surface area contributed by atoms with Crippen LogP contribution in [0.2, 0.25) is 0 Å².